The molecule has 0 radical (unpaired) electrons. The average molecular weight is 448 g/mol. The van der Waals surface area contributed by atoms with Gasteiger partial charge in [0.25, 0.3) is 0 Å². The van der Waals surface area contributed by atoms with E-state index < -0.39 is 0 Å². The number of hydrogen-bond acceptors (Lipinski definition) is 7. The first-order valence-corrected chi connectivity index (χ1v) is 12.0. The number of anilines is 1. The summed E-state index contributed by atoms with van der Waals surface area (Å²) < 4.78 is 7.11. The van der Waals surface area contributed by atoms with Crippen LogP contribution < -0.4 is 15.0 Å². The summed E-state index contributed by atoms with van der Waals surface area (Å²) in [5, 5.41) is 12.5. The number of ether oxygens (including phenoxy) is 1. The van der Waals surface area contributed by atoms with Crippen LogP contribution in [0.25, 0.3) is 11.3 Å². The van der Waals surface area contributed by atoms with Crippen LogP contribution in [0.15, 0.2) is 43.0 Å². The first kappa shape index (κ1) is 21.8. The predicted octanol–water partition coefficient (Wildman–Crippen LogP) is 3.71. The van der Waals surface area contributed by atoms with E-state index in [0.717, 1.165) is 36.0 Å². The second kappa shape index (κ2) is 9.87. The first-order chi connectivity index (χ1) is 16.2. The Kier molecular flexibility index (Phi) is 6.53. The number of aromatic nitrogens is 5. The number of piperidine rings is 1. The van der Waals surface area contributed by atoms with Crippen LogP contribution in [0.4, 0.5) is 5.69 Å². The zero-order valence-corrected chi connectivity index (χ0v) is 19.5. The van der Waals surface area contributed by atoms with Crippen LogP contribution in [0.5, 0.6) is 5.75 Å². The molecule has 1 unspecified atom stereocenters. The highest BCUT2D eigenvalue weighted by atomic mass is 16.5. The largest absolute Gasteiger partial charge is 0.495 e. The van der Waals surface area contributed by atoms with E-state index >= 15 is 0 Å². The first-order valence-electron chi connectivity index (χ1n) is 12.0. The molecule has 1 aliphatic carbocycles. The lowest BCUT2D eigenvalue weighted by Gasteiger charge is -2.36. The smallest absolute Gasteiger partial charge is 0.137 e. The summed E-state index contributed by atoms with van der Waals surface area (Å²) in [6, 6.07) is 6.78. The van der Waals surface area contributed by atoms with Gasteiger partial charge in [0, 0.05) is 30.9 Å². The van der Waals surface area contributed by atoms with Crippen LogP contribution in [0.1, 0.15) is 50.8 Å². The van der Waals surface area contributed by atoms with Gasteiger partial charge in [0.2, 0.25) is 0 Å². The molecular weight excluding hydrogens is 414 g/mol. The van der Waals surface area contributed by atoms with E-state index in [1.807, 2.05) is 23.1 Å². The van der Waals surface area contributed by atoms with Gasteiger partial charge < -0.3 is 15.0 Å². The molecule has 1 aliphatic heterocycles. The molecule has 3 aromatic rings. The van der Waals surface area contributed by atoms with Crippen molar-refractivity contribution in [3.63, 3.8) is 0 Å². The minimum Gasteiger partial charge on any atom is -0.495 e. The van der Waals surface area contributed by atoms with Crippen molar-refractivity contribution in [3.8, 4) is 17.0 Å². The van der Waals surface area contributed by atoms with Gasteiger partial charge in [-0.1, -0.05) is 11.6 Å². The third kappa shape index (κ3) is 5.00. The third-order valence-electron chi connectivity index (χ3n) is 7.06. The molecule has 0 bridgehead atoms. The molecule has 174 valence electrons. The van der Waals surface area contributed by atoms with Crippen LogP contribution in [-0.4, -0.2) is 57.7 Å². The van der Waals surface area contributed by atoms with Crippen molar-refractivity contribution in [3.05, 3.63) is 48.7 Å². The number of rotatable bonds is 8. The Morgan fingerprint density at radius 2 is 2.06 bits per heavy atom. The molecule has 1 saturated carbocycles. The highest BCUT2D eigenvalue weighted by Gasteiger charge is 2.23. The van der Waals surface area contributed by atoms with Gasteiger partial charge in [0.05, 0.1) is 43.1 Å². The number of methoxy groups -OCH3 is 1. The number of pyridine rings is 2. The van der Waals surface area contributed by atoms with Crippen molar-refractivity contribution in [1.82, 2.24) is 30.3 Å². The monoisotopic (exact) mass is 447 g/mol. The summed E-state index contributed by atoms with van der Waals surface area (Å²) in [7, 11) is 1.63. The fraction of sp³-hybridized carbons (Fsp3) is 0.520. The van der Waals surface area contributed by atoms with Gasteiger partial charge >= 0.3 is 0 Å². The second-order valence-corrected chi connectivity index (χ2v) is 9.30. The van der Waals surface area contributed by atoms with E-state index in [4.69, 9.17) is 9.72 Å². The highest BCUT2D eigenvalue weighted by molar-refractivity contribution is 5.58. The summed E-state index contributed by atoms with van der Waals surface area (Å²) >= 11 is 0. The Balaban J connectivity index is 1.22. The molecule has 33 heavy (non-hydrogen) atoms. The van der Waals surface area contributed by atoms with Crippen molar-refractivity contribution in [2.24, 2.45) is 5.92 Å². The number of hydrogen-bond donors (Lipinski definition) is 1. The molecule has 4 heterocycles. The standard InChI is InChI=1S/C25H33N7O/c1-18(32-17-25(29-30-32)20-11-23(33-2)15-26-13-20)24-9-8-22(14-28-24)31-10-4-7-21(16-31)27-12-19-5-3-6-19/h8-9,11,13-15,17-19,21,27H,3-7,10,12,16H2,1-2H3/t18?,21-/m1/s1. The molecule has 0 aromatic carbocycles. The zero-order chi connectivity index (χ0) is 22.6. The summed E-state index contributed by atoms with van der Waals surface area (Å²) in [5.74, 6) is 1.60. The van der Waals surface area contributed by atoms with Crippen molar-refractivity contribution in [1.29, 1.82) is 0 Å². The van der Waals surface area contributed by atoms with E-state index in [0.29, 0.717) is 11.8 Å². The van der Waals surface area contributed by atoms with Crippen LogP contribution in [0, 0.1) is 5.92 Å². The summed E-state index contributed by atoms with van der Waals surface area (Å²) in [6.07, 6.45) is 14.1. The zero-order valence-electron chi connectivity index (χ0n) is 19.5. The van der Waals surface area contributed by atoms with Gasteiger partial charge in [-0.25, -0.2) is 4.68 Å². The van der Waals surface area contributed by atoms with Crippen LogP contribution in [0.3, 0.4) is 0 Å². The fourth-order valence-electron chi connectivity index (χ4n) is 4.64. The van der Waals surface area contributed by atoms with E-state index in [2.05, 4.69) is 44.6 Å². The fourth-order valence-corrected chi connectivity index (χ4v) is 4.64. The van der Waals surface area contributed by atoms with E-state index in [-0.39, 0.29) is 6.04 Å². The second-order valence-electron chi connectivity index (χ2n) is 9.30. The number of nitrogens with zero attached hydrogens (tertiary/aromatic N) is 6. The molecule has 2 fully saturated rings. The summed E-state index contributed by atoms with van der Waals surface area (Å²) in [5.41, 5.74) is 3.80. The average Bonchev–Trinajstić information content (AvgIpc) is 3.33. The normalized spacial score (nSPS) is 19.8. The quantitative estimate of drug-likeness (QED) is 0.564. The van der Waals surface area contributed by atoms with Gasteiger partial charge in [-0.2, -0.15) is 0 Å². The minimum atomic E-state index is -0.0166. The van der Waals surface area contributed by atoms with E-state index in [1.165, 1.54) is 44.3 Å². The Morgan fingerprint density at radius 3 is 2.82 bits per heavy atom. The molecule has 8 heteroatoms. The van der Waals surface area contributed by atoms with Gasteiger partial charge in [0.15, 0.2) is 0 Å². The third-order valence-corrected chi connectivity index (χ3v) is 7.06. The van der Waals surface area contributed by atoms with E-state index in [9.17, 15) is 0 Å². The topological polar surface area (TPSA) is 81.0 Å². The summed E-state index contributed by atoms with van der Waals surface area (Å²) in [4.78, 5) is 11.5. The van der Waals surface area contributed by atoms with Crippen molar-refractivity contribution < 1.29 is 4.74 Å². The molecule has 0 amide bonds. The number of nitrogens with one attached hydrogen (secondary N) is 1. The van der Waals surface area contributed by atoms with Crippen LogP contribution >= 0.6 is 0 Å². The molecule has 3 aromatic heterocycles. The molecule has 2 aliphatic rings. The minimum absolute atomic E-state index is 0.0166. The SMILES string of the molecule is COc1cncc(-c2cn(C(C)c3ccc(N4CCC[C@@H](NCC5CCC5)C4)cn3)nn2)c1. The molecule has 1 N–H and O–H groups in total. The maximum Gasteiger partial charge on any atom is 0.137 e. The van der Waals surface area contributed by atoms with Gasteiger partial charge in [-0.15, -0.1) is 5.10 Å². The van der Waals surface area contributed by atoms with Crippen molar-refractivity contribution in [2.75, 3.05) is 31.6 Å². The highest BCUT2D eigenvalue weighted by Crippen LogP contribution is 2.27. The lowest BCUT2D eigenvalue weighted by atomic mass is 9.85. The van der Waals surface area contributed by atoms with Gasteiger partial charge in [0.1, 0.15) is 11.4 Å². The Morgan fingerprint density at radius 1 is 1.15 bits per heavy atom. The van der Waals surface area contributed by atoms with Crippen LogP contribution in [-0.2, 0) is 0 Å². The lowest BCUT2D eigenvalue weighted by molar-refractivity contribution is 0.280. The molecule has 0 spiro atoms. The molecule has 8 nitrogen and oxygen atoms in total. The maximum absolute atomic E-state index is 5.26. The molecule has 1 saturated heterocycles. The van der Waals surface area contributed by atoms with E-state index in [1.54, 1.807) is 19.5 Å². The van der Waals surface area contributed by atoms with Gasteiger partial charge in [-0.3, -0.25) is 9.97 Å². The Labute approximate surface area is 195 Å². The van der Waals surface area contributed by atoms with Crippen LogP contribution in [0.2, 0.25) is 0 Å². The predicted molar refractivity (Wildman–Crippen MR) is 128 cm³/mol. The Hall–Kier alpha value is -3.00. The summed E-state index contributed by atoms with van der Waals surface area (Å²) in [6.45, 7) is 5.42. The van der Waals surface area contributed by atoms with Crippen molar-refractivity contribution >= 4 is 5.69 Å². The maximum atomic E-state index is 5.26. The molecule has 2 atom stereocenters. The van der Waals surface area contributed by atoms with Gasteiger partial charge in [-0.05, 0) is 63.3 Å². The molecular formula is C25H33N7O. The van der Waals surface area contributed by atoms with Crippen molar-refractivity contribution in [2.45, 2.75) is 51.1 Å². The Bertz CT molecular complexity index is 1050. The lowest BCUT2D eigenvalue weighted by Crippen LogP contribution is -2.47. The molecule has 5 rings (SSSR count).